The lowest BCUT2D eigenvalue weighted by atomic mass is 9.97. The van der Waals surface area contributed by atoms with Crippen LogP contribution in [0.5, 0.6) is 0 Å². The third-order valence-electron chi connectivity index (χ3n) is 4.87. The molecule has 2 aliphatic rings. The summed E-state index contributed by atoms with van der Waals surface area (Å²) in [5.74, 6) is 0.594. The van der Waals surface area contributed by atoms with E-state index in [9.17, 15) is 9.59 Å². The van der Waals surface area contributed by atoms with Crippen molar-refractivity contribution in [3.8, 4) is 0 Å². The quantitative estimate of drug-likeness (QED) is 0.878. The molecule has 120 valence electrons. The first-order valence-corrected chi connectivity index (χ1v) is 8.89. The van der Waals surface area contributed by atoms with Crippen molar-refractivity contribution >= 4 is 33.1 Å². The molecule has 3 atom stereocenters. The minimum absolute atomic E-state index is 0.0189. The number of amides is 1. The minimum Gasteiger partial charge on any atom is -0.347 e. The Balaban J connectivity index is 1.55. The molecule has 0 aliphatic carbocycles. The van der Waals surface area contributed by atoms with Gasteiger partial charge in [0.1, 0.15) is 5.69 Å². The van der Waals surface area contributed by atoms with Crippen LogP contribution in [0.1, 0.15) is 40.6 Å². The van der Waals surface area contributed by atoms with Crippen molar-refractivity contribution < 1.29 is 9.59 Å². The fraction of sp³-hybridized carbons (Fsp3) is 0.471. The number of carbonyl (C=O) groups is 2. The molecule has 0 saturated carbocycles. The molecule has 1 amide bonds. The molecule has 3 unspecified atom stereocenters. The molecule has 4 rings (SSSR count). The molecule has 2 aliphatic heterocycles. The number of piperidine rings is 1. The number of ketones is 1. The molecule has 0 spiro atoms. The Hall–Kier alpha value is -1.79. The van der Waals surface area contributed by atoms with E-state index in [0.717, 1.165) is 29.6 Å². The van der Waals surface area contributed by atoms with Gasteiger partial charge < -0.3 is 10.2 Å². The minimum atomic E-state index is -0.139. The van der Waals surface area contributed by atoms with E-state index in [0.29, 0.717) is 17.2 Å². The zero-order valence-corrected chi connectivity index (χ0v) is 13.9. The van der Waals surface area contributed by atoms with Gasteiger partial charge in [-0.15, -0.1) is 11.3 Å². The molecule has 2 aromatic heterocycles. The maximum atomic E-state index is 12.5. The summed E-state index contributed by atoms with van der Waals surface area (Å²) in [5.41, 5.74) is 1.06. The first kappa shape index (κ1) is 14.8. The summed E-state index contributed by atoms with van der Waals surface area (Å²) in [5, 5.41) is 5.78. The highest BCUT2D eigenvalue weighted by atomic mass is 32.1. The third-order valence-corrected chi connectivity index (χ3v) is 5.81. The summed E-state index contributed by atoms with van der Waals surface area (Å²) in [6.45, 7) is 4.81. The van der Waals surface area contributed by atoms with Crippen molar-refractivity contribution in [3.63, 3.8) is 0 Å². The van der Waals surface area contributed by atoms with Gasteiger partial charge in [0.25, 0.3) is 5.91 Å². The van der Waals surface area contributed by atoms with Crippen LogP contribution in [0.3, 0.4) is 0 Å². The molecule has 23 heavy (non-hydrogen) atoms. The Morgan fingerprint density at radius 3 is 3.04 bits per heavy atom. The molecule has 1 N–H and O–H groups in total. The zero-order chi connectivity index (χ0) is 16.0. The van der Waals surface area contributed by atoms with Crippen molar-refractivity contribution in [1.82, 2.24) is 15.2 Å². The second-order valence-corrected chi connectivity index (χ2v) is 7.50. The van der Waals surface area contributed by atoms with E-state index in [-0.39, 0.29) is 17.7 Å². The van der Waals surface area contributed by atoms with Crippen LogP contribution in [0.15, 0.2) is 17.6 Å². The van der Waals surface area contributed by atoms with Crippen molar-refractivity contribution in [2.24, 2.45) is 5.92 Å². The first-order valence-electron chi connectivity index (χ1n) is 8.01. The van der Waals surface area contributed by atoms with Crippen LogP contribution in [0.4, 0.5) is 0 Å². The summed E-state index contributed by atoms with van der Waals surface area (Å²) in [7, 11) is 0. The number of nitrogens with zero attached hydrogens (tertiary/aromatic N) is 2. The van der Waals surface area contributed by atoms with Crippen LogP contribution in [0, 0.1) is 5.92 Å². The molecule has 6 heteroatoms. The molecule has 2 fully saturated rings. The molecule has 0 radical (unpaired) electrons. The topological polar surface area (TPSA) is 62.3 Å². The van der Waals surface area contributed by atoms with E-state index in [1.807, 2.05) is 5.38 Å². The molecule has 0 aromatic carbocycles. The van der Waals surface area contributed by atoms with Crippen LogP contribution < -0.4 is 5.32 Å². The predicted molar refractivity (Wildman–Crippen MR) is 90.0 cm³/mol. The summed E-state index contributed by atoms with van der Waals surface area (Å²) in [6.07, 6.45) is 3.99. The fourth-order valence-corrected chi connectivity index (χ4v) is 4.70. The van der Waals surface area contributed by atoms with Crippen molar-refractivity contribution in [2.75, 3.05) is 19.6 Å². The van der Waals surface area contributed by atoms with E-state index in [1.165, 1.54) is 24.3 Å². The van der Waals surface area contributed by atoms with Gasteiger partial charge in [-0.25, -0.2) is 4.98 Å². The van der Waals surface area contributed by atoms with Gasteiger partial charge in [-0.05, 0) is 38.3 Å². The molecule has 2 saturated heterocycles. The monoisotopic (exact) mass is 329 g/mol. The van der Waals surface area contributed by atoms with Crippen molar-refractivity contribution in [1.29, 1.82) is 0 Å². The lowest BCUT2D eigenvalue weighted by Gasteiger charge is -2.30. The molecule has 5 nitrogen and oxygen atoms in total. The zero-order valence-electron chi connectivity index (χ0n) is 13.0. The number of rotatable bonds is 3. The number of aromatic nitrogens is 1. The van der Waals surface area contributed by atoms with E-state index in [4.69, 9.17) is 0 Å². The van der Waals surface area contributed by atoms with Crippen LogP contribution in [0.2, 0.25) is 0 Å². The average Bonchev–Trinajstić information content (AvgIpc) is 3.09. The lowest BCUT2D eigenvalue weighted by Crippen LogP contribution is -2.47. The van der Waals surface area contributed by atoms with Crippen molar-refractivity contribution in [2.45, 2.75) is 25.8 Å². The highest BCUT2D eigenvalue weighted by Crippen LogP contribution is 2.28. The van der Waals surface area contributed by atoms with Crippen LogP contribution >= 0.6 is 11.3 Å². The average molecular weight is 329 g/mol. The highest BCUT2D eigenvalue weighted by molar-refractivity contribution is 7.17. The normalized spacial score (nSPS) is 26.4. The fourth-order valence-electron chi connectivity index (χ4n) is 3.75. The SMILES string of the molecule is CC(=O)c1csc2cnc(C(=O)NC3CC4CCN(C4)C3)cc12. The van der Waals surface area contributed by atoms with Gasteiger partial charge in [0.05, 0.1) is 4.70 Å². The van der Waals surface area contributed by atoms with Gasteiger partial charge in [0.15, 0.2) is 5.78 Å². The number of Topliss-reactive ketones (excluding diaryl/α,β-unsaturated/α-hetero) is 1. The third kappa shape index (κ3) is 2.77. The molecular weight excluding hydrogens is 310 g/mol. The van der Waals surface area contributed by atoms with Gasteiger partial charge in [0.2, 0.25) is 0 Å². The van der Waals surface area contributed by atoms with Crippen LogP contribution in [0.25, 0.3) is 10.1 Å². The molecule has 4 heterocycles. The summed E-state index contributed by atoms with van der Waals surface area (Å²) >= 11 is 1.49. The summed E-state index contributed by atoms with van der Waals surface area (Å²) < 4.78 is 0.938. The number of thiophene rings is 1. The Morgan fingerprint density at radius 2 is 2.26 bits per heavy atom. The molecule has 2 bridgehead atoms. The number of hydrogen-bond donors (Lipinski definition) is 1. The van der Waals surface area contributed by atoms with Gasteiger partial charge in [-0.3, -0.25) is 9.59 Å². The number of pyridine rings is 1. The predicted octanol–water partition coefficient (Wildman–Crippen LogP) is 2.32. The maximum absolute atomic E-state index is 12.5. The number of hydrogen-bond acceptors (Lipinski definition) is 5. The second-order valence-electron chi connectivity index (χ2n) is 6.59. The van der Waals surface area contributed by atoms with Crippen LogP contribution in [-0.4, -0.2) is 47.3 Å². The van der Waals surface area contributed by atoms with E-state index >= 15 is 0 Å². The number of carbonyl (C=O) groups excluding carboxylic acids is 2. The first-order chi connectivity index (χ1) is 11.1. The standard InChI is InChI=1S/C17H19N3O2S/c1-10(21)14-9-23-16-6-18-15(5-13(14)16)17(22)19-12-4-11-2-3-20(7-11)8-12/h5-6,9,11-12H,2-4,7-8H2,1H3,(H,19,22). The van der Waals surface area contributed by atoms with Gasteiger partial charge in [-0.1, -0.05) is 0 Å². The van der Waals surface area contributed by atoms with Gasteiger partial charge >= 0.3 is 0 Å². The second kappa shape index (κ2) is 5.69. The Labute approximate surface area is 138 Å². The van der Waals surface area contributed by atoms with Gasteiger partial charge in [0, 0.05) is 41.7 Å². The van der Waals surface area contributed by atoms with E-state index < -0.39 is 0 Å². The number of nitrogens with one attached hydrogen (secondary N) is 1. The Kier molecular flexibility index (Phi) is 3.66. The van der Waals surface area contributed by atoms with E-state index in [2.05, 4.69) is 15.2 Å². The Morgan fingerprint density at radius 1 is 1.39 bits per heavy atom. The largest absolute Gasteiger partial charge is 0.347 e. The molecular formula is C17H19N3O2S. The Bertz CT molecular complexity index is 773. The summed E-state index contributed by atoms with van der Waals surface area (Å²) in [4.78, 5) is 30.9. The maximum Gasteiger partial charge on any atom is 0.270 e. The summed E-state index contributed by atoms with van der Waals surface area (Å²) in [6, 6.07) is 1.95. The number of fused-ring (bicyclic) bond motifs is 3. The highest BCUT2D eigenvalue weighted by Gasteiger charge is 2.33. The lowest BCUT2D eigenvalue weighted by molar-refractivity contribution is 0.0903. The van der Waals surface area contributed by atoms with Crippen LogP contribution in [-0.2, 0) is 0 Å². The smallest absolute Gasteiger partial charge is 0.270 e. The molecule has 2 aromatic rings. The van der Waals surface area contributed by atoms with Crippen molar-refractivity contribution in [3.05, 3.63) is 28.9 Å². The van der Waals surface area contributed by atoms with E-state index in [1.54, 1.807) is 19.2 Å². The van der Waals surface area contributed by atoms with Gasteiger partial charge in [-0.2, -0.15) is 0 Å².